The maximum absolute atomic E-state index is 12.9. The van der Waals surface area contributed by atoms with Crippen LogP contribution in [0.1, 0.15) is 45.4 Å². The minimum absolute atomic E-state index is 0.0536. The molecule has 3 aliphatic rings. The predicted molar refractivity (Wildman–Crippen MR) is 100 cm³/mol. The first-order valence-corrected chi connectivity index (χ1v) is 9.91. The van der Waals surface area contributed by atoms with E-state index in [9.17, 15) is 14.7 Å². The Labute approximate surface area is 155 Å². The fourth-order valence-electron chi connectivity index (χ4n) is 4.10. The maximum atomic E-state index is 12.9. The lowest BCUT2D eigenvalue weighted by atomic mass is 9.91. The Hall–Kier alpha value is -1.66. The lowest BCUT2D eigenvalue weighted by Gasteiger charge is -2.31. The van der Waals surface area contributed by atoms with Crippen LogP contribution in [0.25, 0.3) is 0 Å². The standard InChI is InChI=1S/C20H31N3O3/c1-15-8-2-3-9-16(15)19(25)21-17-10-4-5-13-23(20(17)26)14-18(24)22-11-6-7-12-22/h2-3,8,16-18,24H,4-7,9-14H2,1H3,(H,21,25)/t16?,17-,18?/m0/s1. The van der Waals surface area contributed by atoms with Crippen molar-refractivity contribution in [3.8, 4) is 0 Å². The average molecular weight is 361 g/mol. The second-order valence-electron chi connectivity index (χ2n) is 7.69. The zero-order valence-corrected chi connectivity index (χ0v) is 15.7. The number of hydrogen-bond acceptors (Lipinski definition) is 4. The lowest BCUT2D eigenvalue weighted by molar-refractivity contribution is -0.139. The molecule has 2 aliphatic heterocycles. The summed E-state index contributed by atoms with van der Waals surface area (Å²) in [5.41, 5.74) is 1.03. The number of carbonyl (C=O) groups is 2. The quantitative estimate of drug-likeness (QED) is 0.777. The average Bonchev–Trinajstić information content (AvgIpc) is 3.12. The van der Waals surface area contributed by atoms with E-state index in [1.54, 1.807) is 4.90 Å². The Kier molecular flexibility index (Phi) is 6.48. The smallest absolute Gasteiger partial charge is 0.245 e. The molecule has 2 heterocycles. The molecule has 144 valence electrons. The van der Waals surface area contributed by atoms with Crippen LogP contribution in [0.4, 0.5) is 0 Å². The topological polar surface area (TPSA) is 72.9 Å². The highest BCUT2D eigenvalue weighted by Gasteiger charge is 2.32. The van der Waals surface area contributed by atoms with E-state index in [4.69, 9.17) is 0 Å². The SMILES string of the molecule is CC1=CC=CCC1C(=O)N[C@H]1CCCCN(CC(O)N2CCCC2)C1=O. The Morgan fingerprint density at radius 2 is 2.00 bits per heavy atom. The van der Waals surface area contributed by atoms with Crippen molar-refractivity contribution in [1.29, 1.82) is 0 Å². The molecule has 0 aromatic rings. The fraction of sp³-hybridized carbons (Fsp3) is 0.700. The summed E-state index contributed by atoms with van der Waals surface area (Å²) in [4.78, 5) is 29.4. The first-order chi connectivity index (χ1) is 12.6. The highest BCUT2D eigenvalue weighted by atomic mass is 16.3. The van der Waals surface area contributed by atoms with Gasteiger partial charge in [0.25, 0.3) is 0 Å². The van der Waals surface area contributed by atoms with E-state index >= 15 is 0 Å². The molecule has 0 bridgehead atoms. The number of carbonyl (C=O) groups excluding carboxylic acids is 2. The van der Waals surface area contributed by atoms with Gasteiger partial charge in [-0.05, 0) is 45.4 Å². The second kappa shape index (κ2) is 8.82. The van der Waals surface area contributed by atoms with Gasteiger partial charge in [-0.1, -0.05) is 23.8 Å². The van der Waals surface area contributed by atoms with Gasteiger partial charge >= 0.3 is 0 Å². The van der Waals surface area contributed by atoms with Gasteiger partial charge < -0.3 is 15.3 Å². The Morgan fingerprint density at radius 3 is 2.73 bits per heavy atom. The van der Waals surface area contributed by atoms with Crippen LogP contribution < -0.4 is 5.32 Å². The molecule has 1 aliphatic carbocycles. The molecule has 6 nitrogen and oxygen atoms in total. The van der Waals surface area contributed by atoms with Gasteiger partial charge in [0, 0.05) is 19.6 Å². The van der Waals surface area contributed by atoms with Crippen LogP contribution in [-0.2, 0) is 9.59 Å². The van der Waals surface area contributed by atoms with Gasteiger partial charge in [-0.2, -0.15) is 0 Å². The van der Waals surface area contributed by atoms with Crippen LogP contribution in [-0.4, -0.2) is 65.2 Å². The van der Waals surface area contributed by atoms with Gasteiger partial charge in [-0.3, -0.25) is 14.5 Å². The molecular weight excluding hydrogens is 330 g/mol. The molecule has 3 atom stereocenters. The highest BCUT2D eigenvalue weighted by molar-refractivity contribution is 5.90. The van der Waals surface area contributed by atoms with Gasteiger partial charge in [-0.15, -0.1) is 0 Å². The molecule has 2 unspecified atom stereocenters. The minimum Gasteiger partial charge on any atom is -0.376 e. The number of likely N-dealkylation sites (tertiary alicyclic amines) is 2. The number of allylic oxidation sites excluding steroid dienone is 3. The maximum Gasteiger partial charge on any atom is 0.245 e. The van der Waals surface area contributed by atoms with Gasteiger partial charge in [0.1, 0.15) is 12.3 Å². The minimum atomic E-state index is -0.607. The van der Waals surface area contributed by atoms with Gasteiger partial charge in [-0.25, -0.2) is 0 Å². The first-order valence-electron chi connectivity index (χ1n) is 9.91. The summed E-state index contributed by atoms with van der Waals surface area (Å²) in [5.74, 6) is -0.301. The fourth-order valence-corrected chi connectivity index (χ4v) is 4.10. The molecule has 0 saturated carbocycles. The molecule has 0 spiro atoms. The van der Waals surface area contributed by atoms with E-state index < -0.39 is 12.3 Å². The number of amides is 2. The van der Waals surface area contributed by atoms with Crippen molar-refractivity contribution in [3.63, 3.8) is 0 Å². The van der Waals surface area contributed by atoms with Crippen LogP contribution in [0.2, 0.25) is 0 Å². The van der Waals surface area contributed by atoms with E-state index in [0.717, 1.165) is 44.3 Å². The molecule has 6 heteroatoms. The third-order valence-corrected chi connectivity index (χ3v) is 5.78. The largest absolute Gasteiger partial charge is 0.376 e. The molecule has 2 saturated heterocycles. The van der Waals surface area contributed by atoms with Crippen molar-refractivity contribution in [2.45, 2.75) is 57.7 Å². The van der Waals surface area contributed by atoms with Crippen molar-refractivity contribution < 1.29 is 14.7 Å². The third-order valence-electron chi connectivity index (χ3n) is 5.78. The number of rotatable bonds is 5. The molecular formula is C20H31N3O3. The number of nitrogens with one attached hydrogen (secondary N) is 1. The van der Waals surface area contributed by atoms with E-state index in [-0.39, 0.29) is 17.7 Å². The number of nitrogens with zero attached hydrogens (tertiary/aromatic N) is 2. The van der Waals surface area contributed by atoms with E-state index in [0.29, 0.717) is 25.9 Å². The van der Waals surface area contributed by atoms with E-state index in [1.165, 1.54) is 0 Å². The molecule has 0 aromatic heterocycles. The zero-order valence-electron chi connectivity index (χ0n) is 15.7. The van der Waals surface area contributed by atoms with Gasteiger partial charge in [0.05, 0.1) is 12.5 Å². The van der Waals surface area contributed by atoms with Crippen LogP contribution in [0.15, 0.2) is 23.8 Å². The monoisotopic (exact) mass is 361 g/mol. The van der Waals surface area contributed by atoms with E-state index in [1.807, 2.05) is 30.1 Å². The molecule has 0 aromatic carbocycles. The lowest BCUT2D eigenvalue weighted by Crippen LogP contribution is -2.52. The van der Waals surface area contributed by atoms with Crippen molar-refractivity contribution in [2.75, 3.05) is 26.2 Å². The van der Waals surface area contributed by atoms with Crippen molar-refractivity contribution in [3.05, 3.63) is 23.8 Å². The molecule has 2 amide bonds. The number of β-amino-alcohol motifs (C(OH)–C–C–N with tert-alkyl or cyclic N) is 1. The summed E-state index contributed by atoms with van der Waals surface area (Å²) < 4.78 is 0. The molecule has 2 N–H and O–H groups in total. The second-order valence-corrected chi connectivity index (χ2v) is 7.69. The Bertz CT molecular complexity index is 581. The third kappa shape index (κ3) is 4.54. The molecule has 3 rings (SSSR count). The van der Waals surface area contributed by atoms with Crippen LogP contribution in [0.3, 0.4) is 0 Å². The van der Waals surface area contributed by atoms with Gasteiger partial charge in [0.2, 0.25) is 11.8 Å². The zero-order chi connectivity index (χ0) is 18.5. The molecule has 0 radical (unpaired) electrons. The number of hydrogen-bond donors (Lipinski definition) is 2. The van der Waals surface area contributed by atoms with Gasteiger partial charge in [0.15, 0.2) is 0 Å². The summed E-state index contributed by atoms with van der Waals surface area (Å²) in [7, 11) is 0. The number of aliphatic hydroxyl groups is 1. The highest BCUT2D eigenvalue weighted by Crippen LogP contribution is 2.21. The molecule has 26 heavy (non-hydrogen) atoms. The number of aliphatic hydroxyl groups excluding tert-OH is 1. The summed E-state index contributed by atoms with van der Waals surface area (Å²) in [6.45, 7) is 4.73. The normalized spacial score (nSPS) is 28.6. The van der Waals surface area contributed by atoms with E-state index in [2.05, 4.69) is 5.32 Å². The van der Waals surface area contributed by atoms with Crippen molar-refractivity contribution in [2.24, 2.45) is 5.92 Å². The van der Waals surface area contributed by atoms with Crippen LogP contribution in [0.5, 0.6) is 0 Å². The first kappa shape index (κ1) is 19.1. The summed E-state index contributed by atoms with van der Waals surface area (Å²) >= 11 is 0. The molecule has 2 fully saturated rings. The van der Waals surface area contributed by atoms with Crippen molar-refractivity contribution >= 4 is 11.8 Å². The predicted octanol–water partition coefficient (Wildman–Crippen LogP) is 1.42. The summed E-state index contributed by atoms with van der Waals surface area (Å²) in [5, 5.41) is 13.4. The summed E-state index contributed by atoms with van der Waals surface area (Å²) in [6.07, 6.45) is 10.7. The Balaban J connectivity index is 1.59. The van der Waals surface area contributed by atoms with Crippen molar-refractivity contribution in [1.82, 2.24) is 15.1 Å². The van der Waals surface area contributed by atoms with Crippen LogP contribution >= 0.6 is 0 Å². The Morgan fingerprint density at radius 1 is 1.27 bits per heavy atom. The van der Waals surface area contributed by atoms with Crippen LogP contribution in [0, 0.1) is 5.92 Å². The summed E-state index contributed by atoms with van der Waals surface area (Å²) in [6, 6.07) is -0.477.